The number of likely N-dealkylation sites (tertiary alicyclic amines) is 1. The first-order valence-corrected chi connectivity index (χ1v) is 9.62. The second kappa shape index (κ2) is 7.67. The van der Waals surface area contributed by atoms with E-state index in [1.807, 2.05) is 17.9 Å². The van der Waals surface area contributed by atoms with E-state index in [1.165, 1.54) is 12.1 Å². The maximum Gasteiger partial charge on any atom is 0.274 e. The van der Waals surface area contributed by atoms with Crippen LogP contribution in [0.5, 0.6) is 0 Å². The van der Waals surface area contributed by atoms with Gasteiger partial charge in [0, 0.05) is 30.4 Å². The second-order valence-corrected chi connectivity index (χ2v) is 7.32. The lowest BCUT2D eigenvalue weighted by Crippen LogP contribution is -2.35. The molecule has 1 saturated heterocycles. The van der Waals surface area contributed by atoms with Crippen LogP contribution in [0.4, 0.5) is 4.39 Å². The number of aliphatic hydroxyl groups excluding tert-OH is 1. The number of carbonyl (C=O) groups is 1. The van der Waals surface area contributed by atoms with Gasteiger partial charge in [0.25, 0.3) is 5.91 Å². The van der Waals surface area contributed by atoms with E-state index in [9.17, 15) is 14.3 Å². The van der Waals surface area contributed by atoms with Crippen molar-refractivity contribution < 1.29 is 14.3 Å². The Kier molecular flexibility index (Phi) is 5.09. The maximum absolute atomic E-state index is 13.2. The van der Waals surface area contributed by atoms with Gasteiger partial charge in [0.05, 0.1) is 11.8 Å². The van der Waals surface area contributed by atoms with Crippen molar-refractivity contribution in [2.75, 3.05) is 13.1 Å². The minimum atomic E-state index is -0.292. The molecule has 28 heavy (non-hydrogen) atoms. The van der Waals surface area contributed by atoms with Crippen molar-refractivity contribution in [2.24, 2.45) is 0 Å². The maximum atomic E-state index is 13.2. The molecule has 4 rings (SSSR count). The number of hydrogen-bond donors (Lipinski definition) is 1. The molecule has 0 radical (unpaired) electrons. The molecule has 0 saturated carbocycles. The standard InChI is InChI=1S/C21H23FN4O2/c1-14-12-18(15-6-8-16(22)9-7-15)23-20-13-19(24-26(14)20)21(28)25-10-2-4-17(27)5-3-11-25/h6-9,12-13,17,27H,2-5,10-11H2,1H3. The van der Waals surface area contributed by atoms with E-state index in [-0.39, 0.29) is 17.8 Å². The predicted molar refractivity (Wildman–Crippen MR) is 103 cm³/mol. The van der Waals surface area contributed by atoms with Crippen LogP contribution in [-0.2, 0) is 0 Å². The third kappa shape index (κ3) is 3.75. The lowest BCUT2D eigenvalue weighted by Gasteiger charge is -2.25. The van der Waals surface area contributed by atoms with Crippen molar-refractivity contribution in [3.05, 3.63) is 53.6 Å². The van der Waals surface area contributed by atoms with Crippen LogP contribution in [0.1, 0.15) is 41.9 Å². The molecule has 1 aliphatic heterocycles. The average molecular weight is 382 g/mol. The zero-order valence-electron chi connectivity index (χ0n) is 15.8. The van der Waals surface area contributed by atoms with E-state index in [0.717, 1.165) is 36.9 Å². The van der Waals surface area contributed by atoms with Crippen molar-refractivity contribution in [1.82, 2.24) is 19.5 Å². The van der Waals surface area contributed by atoms with E-state index < -0.39 is 0 Å². The Morgan fingerprint density at radius 3 is 2.50 bits per heavy atom. The number of nitrogens with zero attached hydrogens (tertiary/aromatic N) is 4. The topological polar surface area (TPSA) is 70.7 Å². The van der Waals surface area contributed by atoms with Crippen molar-refractivity contribution in [2.45, 2.75) is 38.7 Å². The Morgan fingerprint density at radius 2 is 1.82 bits per heavy atom. The van der Waals surface area contributed by atoms with Gasteiger partial charge in [0.15, 0.2) is 11.3 Å². The summed E-state index contributed by atoms with van der Waals surface area (Å²) in [6.07, 6.45) is 2.75. The van der Waals surface area contributed by atoms with Gasteiger partial charge in [-0.25, -0.2) is 13.9 Å². The van der Waals surface area contributed by atoms with Crippen LogP contribution in [0.15, 0.2) is 36.4 Å². The van der Waals surface area contributed by atoms with Crippen molar-refractivity contribution in [1.29, 1.82) is 0 Å². The molecule has 0 atom stereocenters. The molecule has 0 spiro atoms. The first kappa shape index (κ1) is 18.6. The number of aryl methyl sites for hydroxylation is 1. The molecule has 1 N–H and O–H groups in total. The highest BCUT2D eigenvalue weighted by Gasteiger charge is 2.22. The molecule has 0 bridgehead atoms. The van der Waals surface area contributed by atoms with Gasteiger partial charge < -0.3 is 10.0 Å². The summed E-state index contributed by atoms with van der Waals surface area (Å²) < 4.78 is 14.8. The Bertz CT molecular complexity index is 990. The predicted octanol–water partition coefficient (Wildman–Crippen LogP) is 3.22. The number of halogens is 1. The minimum Gasteiger partial charge on any atom is -0.393 e. The Morgan fingerprint density at radius 1 is 1.14 bits per heavy atom. The largest absolute Gasteiger partial charge is 0.393 e. The summed E-state index contributed by atoms with van der Waals surface area (Å²) in [4.78, 5) is 19.3. The Labute approximate surface area is 162 Å². The first-order valence-electron chi connectivity index (χ1n) is 9.62. The molecule has 1 aromatic carbocycles. The van der Waals surface area contributed by atoms with E-state index in [0.29, 0.717) is 30.1 Å². The zero-order chi connectivity index (χ0) is 19.7. The summed E-state index contributed by atoms with van der Waals surface area (Å²) in [7, 11) is 0. The van der Waals surface area contributed by atoms with Gasteiger partial charge in [-0.05, 0) is 62.9 Å². The number of rotatable bonds is 2. The third-order valence-corrected chi connectivity index (χ3v) is 5.18. The van der Waals surface area contributed by atoms with Gasteiger partial charge in [0.2, 0.25) is 0 Å². The smallest absolute Gasteiger partial charge is 0.274 e. The van der Waals surface area contributed by atoms with E-state index in [1.54, 1.807) is 22.7 Å². The fourth-order valence-electron chi connectivity index (χ4n) is 3.65. The lowest BCUT2D eigenvalue weighted by molar-refractivity contribution is 0.0681. The van der Waals surface area contributed by atoms with Gasteiger partial charge in [-0.1, -0.05) is 0 Å². The van der Waals surface area contributed by atoms with Gasteiger partial charge >= 0.3 is 0 Å². The molecule has 0 aliphatic carbocycles. The molecule has 1 amide bonds. The average Bonchev–Trinajstić information content (AvgIpc) is 3.09. The van der Waals surface area contributed by atoms with Crippen LogP contribution >= 0.6 is 0 Å². The molecular weight excluding hydrogens is 359 g/mol. The summed E-state index contributed by atoms with van der Waals surface area (Å²) in [6, 6.07) is 9.76. The van der Waals surface area contributed by atoms with Crippen LogP contribution in [0.25, 0.3) is 16.9 Å². The number of aromatic nitrogens is 3. The van der Waals surface area contributed by atoms with Crippen LogP contribution in [0.3, 0.4) is 0 Å². The highest BCUT2D eigenvalue weighted by Crippen LogP contribution is 2.21. The van der Waals surface area contributed by atoms with Gasteiger partial charge in [-0.15, -0.1) is 0 Å². The Balaban J connectivity index is 1.62. The molecule has 3 heterocycles. The van der Waals surface area contributed by atoms with Crippen LogP contribution in [0.2, 0.25) is 0 Å². The molecule has 0 unspecified atom stereocenters. The minimum absolute atomic E-state index is 0.107. The van der Waals surface area contributed by atoms with Crippen molar-refractivity contribution in [3.63, 3.8) is 0 Å². The number of aliphatic hydroxyl groups is 1. The molecule has 1 aliphatic rings. The lowest BCUT2D eigenvalue weighted by atomic mass is 10.1. The summed E-state index contributed by atoms with van der Waals surface area (Å²) in [5.74, 6) is -0.399. The molecular formula is C21H23FN4O2. The van der Waals surface area contributed by atoms with Crippen LogP contribution in [0, 0.1) is 12.7 Å². The molecule has 2 aromatic heterocycles. The van der Waals surface area contributed by atoms with Gasteiger partial charge in [-0.2, -0.15) is 5.10 Å². The highest BCUT2D eigenvalue weighted by molar-refractivity contribution is 5.93. The monoisotopic (exact) mass is 382 g/mol. The third-order valence-electron chi connectivity index (χ3n) is 5.18. The number of amides is 1. The normalized spacial score (nSPS) is 16.2. The Hall–Kier alpha value is -2.80. The van der Waals surface area contributed by atoms with E-state index >= 15 is 0 Å². The second-order valence-electron chi connectivity index (χ2n) is 7.32. The van der Waals surface area contributed by atoms with E-state index in [4.69, 9.17) is 0 Å². The summed E-state index contributed by atoms with van der Waals surface area (Å²) >= 11 is 0. The van der Waals surface area contributed by atoms with Crippen LogP contribution in [-0.4, -0.2) is 49.7 Å². The molecule has 7 heteroatoms. The number of hydrogen-bond acceptors (Lipinski definition) is 4. The number of fused-ring (bicyclic) bond motifs is 1. The van der Waals surface area contributed by atoms with E-state index in [2.05, 4.69) is 10.1 Å². The van der Waals surface area contributed by atoms with Gasteiger partial charge in [-0.3, -0.25) is 4.79 Å². The summed E-state index contributed by atoms with van der Waals surface area (Å²) in [5, 5.41) is 14.2. The molecule has 3 aromatic rings. The van der Waals surface area contributed by atoms with Crippen LogP contribution < -0.4 is 0 Å². The number of carbonyl (C=O) groups excluding carboxylic acids is 1. The molecule has 146 valence electrons. The zero-order valence-corrected chi connectivity index (χ0v) is 15.8. The highest BCUT2D eigenvalue weighted by atomic mass is 19.1. The van der Waals surface area contributed by atoms with Gasteiger partial charge in [0.1, 0.15) is 5.82 Å². The molecule has 6 nitrogen and oxygen atoms in total. The SMILES string of the molecule is Cc1cc(-c2ccc(F)cc2)nc2cc(C(=O)N3CCCC(O)CCC3)nn12. The fourth-order valence-corrected chi connectivity index (χ4v) is 3.65. The summed E-state index contributed by atoms with van der Waals surface area (Å²) in [5.41, 5.74) is 3.32. The summed E-state index contributed by atoms with van der Waals surface area (Å²) in [6.45, 7) is 3.15. The molecule has 1 fully saturated rings. The number of benzene rings is 1. The fraction of sp³-hybridized carbons (Fsp3) is 0.381. The first-order chi connectivity index (χ1) is 13.5. The van der Waals surface area contributed by atoms with Crippen molar-refractivity contribution >= 4 is 11.6 Å². The quantitative estimate of drug-likeness (QED) is 0.739. The van der Waals surface area contributed by atoms with Crippen molar-refractivity contribution in [3.8, 4) is 11.3 Å².